The SMILES string of the molecule is C=C(Cl)CNC(=O)c1ccc(C#N)cc1. The Morgan fingerprint density at radius 1 is 1.47 bits per heavy atom. The number of hydrogen-bond acceptors (Lipinski definition) is 2. The van der Waals surface area contributed by atoms with Crippen molar-refractivity contribution in [1.82, 2.24) is 5.32 Å². The second-order valence-corrected chi connectivity index (χ2v) is 3.42. The molecule has 1 aromatic rings. The van der Waals surface area contributed by atoms with Gasteiger partial charge in [0.15, 0.2) is 0 Å². The molecular formula is C11H9ClN2O. The van der Waals surface area contributed by atoms with E-state index in [0.717, 1.165) is 0 Å². The van der Waals surface area contributed by atoms with Gasteiger partial charge in [-0.2, -0.15) is 5.26 Å². The lowest BCUT2D eigenvalue weighted by molar-refractivity contribution is 0.0957. The molecule has 0 aliphatic heterocycles. The van der Waals surface area contributed by atoms with Crippen LogP contribution in [-0.4, -0.2) is 12.5 Å². The van der Waals surface area contributed by atoms with Gasteiger partial charge in [0.2, 0.25) is 0 Å². The lowest BCUT2D eigenvalue weighted by Crippen LogP contribution is -2.24. The quantitative estimate of drug-likeness (QED) is 0.848. The van der Waals surface area contributed by atoms with Gasteiger partial charge in [0.25, 0.3) is 5.91 Å². The first-order valence-corrected chi connectivity index (χ1v) is 4.63. The second-order valence-electron chi connectivity index (χ2n) is 2.89. The fourth-order valence-electron chi connectivity index (χ4n) is 0.974. The van der Waals surface area contributed by atoms with Crippen LogP contribution in [0, 0.1) is 11.3 Å². The average molecular weight is 221 g/mol. The Morgan fingerprint density at radius 3 is 2.53 bits per heavy atom. The third-order valence-electron chi connectivity index (χ3n) is 1.72. The standard InChI is InChI=1S/C11H9ClN2O/c1-8(12)7-14-11(15)10-4-2-9(6-13)3-5-10/h2-5H,1,7H2,(H,14,15). The first-order chi connectivity index (χ1) is 7.13. The Kier molecular flexibility index (Phi) is 3.90. The van der Waals surface area contributed by atoms with Crippen LogP contribution in [0.5, 0.6) is 0 Å². The zero-order chi connectivity index (χ0) is 11.3. The molecule has 4 heteroatoms. The molecule has 76 valence electrons. The topological polar surface area (TPSA) is 52.9 Å². The summed E-state index contributed by atoms with van der Waals surface area (Å²) < 4.78 is 0. The van der Waals surface area contributed by atoms with Gasteiger partial charge < -0.3 is 5.32 Å². The summed E-state index contributed by atoms with van der Waals surface area (Å²) in [5, 5.41) is 11.5. The number of nitrogens with one attached hydrogen (secondary N) is 1. The fourth-order valence-corrected chi connectivity index (χ4v) is 1.04. The van der Waals surface area contributed by atoms with Crippen LogP contribution in [0.15, 0.2) is 35.9 Å². The van der Waals surface area contributed by atoms with Crippen molar-refractivity contribution in [1.29, 1.82) is 5.26 Å². The summed E-state index contributed by atoms with van der Waals surface area (Å²) in [4.78, 5) is 11.5. The highest BCUT2D eigenvalue weighted by atomic mass is 35.5. The number of nitrogens with zero attached hydrogens (tertiary/aromatic N) is 1. The summed E-state index contributed by atoms with van der Waals surface area (Å²) >= 11 is 5.50. The summed E-state index contributed by atoms with van der Waals surface area (Å²) in [6.07, 6.45) is 0. The van der Waals surface area contributed by atoms with Crippen molar-refractivity contribution in [3.63, 3.8) is 0 Å². The fraction of sp³-hybridized carbons (Fsp3) is 0.0909. The average Bonchev–Trinajstić information content (AvgIpc) is 2.26. The van der Waals surface area contributed by atoms with E-state index in [2.05, 4.69) is 11.9 Å². The largest absolute Gasteiger partial charge is 0.347 e. The minimum atomic E-state index is -0.235. The molecule has 0 aliphatic carbocycles. The van der Waals surface area contributed by atoms with E-state index < -0.39 is 0 Å². The van der Waals surface area contributed by atoms with E-state index in [4.69, 9.17) is 16.9 Å². The first kappa shape index (κ1) is 11.3. The van der Waals surface area contributed by atoms with E-state index in [1.807, 2.05) is 6.07 Å². The van der Waals surface area contributed by atoms with Crippen LogP contribution >= 0.6 is 11.6 Å². The number of hydrogen-bond donors (Lipinski definition) is 1. The smallest absolute Gasteiger partial charge is 0.251 e. The summed E-state index contributed by atoms with van der Waals surface area (Å²) in [6, 6.07) is 8.33. The molecule has 0 fully saturated rings. The Balaban J connectivity index is 2.67. The molecule has 0 spiro atoms. The summed E-state index contributed by atoms with van der Waals surface area (Å²) in [7, 11) is 0. The van der Waals surface area contributed by atoms with E-state index in [0.29, 0.717) is 16.2 Å². The van der Waals surface area contributed by atoms with Crippen LogP contribution < -0.4 is 5.32 Å². The predicted octanol–water partition coefficient (Wildman–Crippen LogP) is 2.04. The monoisotopic (exact) mass is 220 g/mol. The van der Waals surface area contributed by atoms with Crippen LogP contribution in [0.25, 0.3) is 0 Å². The molecule has 1 rings (SSSR count). The van der Waals surface area contributed by atoms with Crippen LogP contribution in [0.4, 0.5) is 0 Å². The van der Waals surface area contributed by atoms with Crippen LogP contribution in [0.3, 0.4) is 0 Å². The van der Waals surface area contributed by atoms with Gasteiger partial charge in [-0.1, -0.05) is 18.2 Å². The Morgan fingerprint density at radius 2 is 2.07 bits per heavy atom. The van der Waals surface area contributed by atoms with Gasteiger partial charge in [0, 0.05) is 10.6 Å². The van der Waals surface area contributed by atoms with Crippen molar-refractivity contribution in [2.24, 2.45) is 0 Å². The van der Waals surface area contributed by atoms with E-state index in [9.17, 15) is 4.79 Å². The highest BCUT2D eigenvalue weighted by Crippen LogP contribution is 2.03. The highest BCUT2D eigenvalue weighted by molar-refractivity contribution is 6.29. The molecular weight excluding hydrogens is 212 g/mol. The Hall–Kier alpha value is -1.79. The van der Waals surface area contributed by atoms with Gasteiger partial charge in [-0.25, -0.2) is 0 Å². The minimum Gasteiger partial charge on any atom is -0.347 e. The molecule has 0 heterocycles. The number of carbonyl (C=O) groups is 1. The van der Waals surface area contributed by atoms with Crippen LogP contribution in [0.2, 0.25) is 0 Å². The molecule has 1 amide bonds. The van der Waals surface area contributed by atoms with Crippen molar-refractivity contribution in [3.05, 3.63) is 47.0 Å². The van der Waals surface area contributed by atoms with Gasteiger partial charge in [-0.05, 0) is 24.3 Å². The van der Waals surface area contributed by atoms with Crippen molar-refractivity contribution in [2.45, 2.75) is 0 Å². The molecule has 3 nitrogen and oxygen atoms in total. The number of nitriles is 1. The maximum Gasteiger partial charge on any atom is 0.251 e. The highest BCUT2D eigenvalue weighted by Gasteiger charge is 2.04. The molecule has 1 N–H and O–H groups in total. The molecule has 1 aromatic carbocycles. The Bertz CT molecular complexity index is 417. The predicted molar refractivity (Wildman–Crippen MR) is 58.5 cm³/mol. The summed E-state index contributed by atoms with van der Waals surface area (Å²) in [6.45, 7) is 3.69. The number of amides is 1. The van der Waals surface area contributed by atoms with Crippen molar-refractivity contribution >= 4 is 17.5 Å². The van der Waals surface area contributed by atoms with Gasteiger partial charge in [0.1, 0.15) is 0 Å². The van der Waals surface area contributed by atoms with Gasteiger partial charge in [-0.15, -0.1) is 0 Å². The van der Waals surface area contributed by atoms with Crippen LogP contribution in [0.1, 0.15) is 15.9 Å². The molecule has 0 atom stereocenters. The van der Waals surface area contributed by atoms with Crippen molar-refractivity contribution in [3.8, 4) is 6.07 Å². The number of halogens is 1. The molecule has 0 radical (unpaired) electrons. The molecule has 0 saturated heterocycles. The lowest BCUT2D eigenvalue weighted by atomic mass is 10.1. The first-order valence-electron chi connectivity index (χ1n) is 4.25. The molecule has 0 aliphatic rings. The number of benzene rings is 1. The van der Waals surface area contributed by atoms with E-state index in [-0.39, 0.29) is 12.5 Å². The number of carbonyl (C=O) groups excluding carboxylic acids is 1. The summed E-state index contributed by atoms with van der Waals surface area (Å²) in [5.41, 5.74) is 1.01. The van der Waals surface area contributed by atoms with Gasteiger partial charge in [0.05, 0.1) is 18.2 Å². The maximum atomic E-state index is 11.5. The maximum absolute atomic E-state index is 11.5. The summed E-state index contributed by atoms with van der Waals surface area (Å²) in [5.74, 6) is -0.235. The molecule has 0 bridgehead atoms. The van der Waals surface area contributed by atoms with Gasteiger partial charge >= 0.3 is 0 Å². The molecule has 0 aromatic heterocycles. The second kappa shape index (κ2) is 5.18. The van der Waals surface area contributed by atoms with E-state index in [1.54, 1.807) is 24.3 Å². The zero-order valence-electron chi connectivity index (χ0n) is 7.96. The molecule has 15 heavy (non-hydrogen) atoms. The normalized spacial score (nSPS) is 9.07. The minimum absolute atomic E-state index is 0.235. The lowest BCUT2D eigenvalue weighted by Gasteiger charge is -2.03. The number of rotatable bonds is 3. The van der Waals surface area contributed by atoms with E-state index in [1.165, 1.54) is 0 Å². The van der Waals surface area contributed by atoms with Gasteiger partial charge in [-0.3, -0.25) is 4.79 Å². The molecule has 0 saturated carbocycles. The van der Waals surface area contributed by atoms with Crippen molar-refractivity contribution < 1.29 is 4.79 Å². The van der Waals surface area contributed by atoms with Crippen LogP contribution in [-0.2, 0) is 0 Å². The third kappa shape index (κ3) is 3.45. The third-order valence-corrected chi connectivity index (χ3v) is 1.85. The van der Waals surface area contributed by atoms with Crippen molar-refractivity contribution in [2.75, 3.05) is 6.54 Å². The van der Waals surface area contributed by atoms with E-state index >= 15 is 0 Å². The Labute approximate surface area is 93.0 Å². The zero-order valence-corrected chi connectivity index (χ0v) is 8.71. The molecule has 0 unspecified atom stereocenters.